The molecule has 3 N–H and O–H groups in total. The maximum absolute atomic E-state index is 8.46. The van der Waals surface area contributed by atoms with Gasteiger partial charge in [-0.3, -0.25) is 9.98 Å². The first kappa shape index (κ1) is 18.0. The molecular formula is C20H23N3. The minimum absolute atomic E-state index is 0.425. The number of benzene rings is 1. The van der Waals surface area contributed by atoms with Crippen LogP contribution in [0.4, 0.5) is 0 Å². The van der Waals surface area contributed by atoms with E-state index in [2.05, 4.69) is 32.0 Å². The van der Waals surface area contributed by atoms with Gasteiger partial charge in [0, 0.05) is 22.4 Å². The van der Waals surface area contributed by atoms with E-state index in [-0.39, 0.29) is 0 Å². The van der Waals surface area contributed by atoms with Gasteiger partial charge in [-0.2, -0.15) is 0 Å². The molecule has 1 aromatic carbocycles. The quantitative estimate of drug-likeness (QED) is 0.625. The van der Waals surface area contributed by atoms with Crippen LogP contribution in [0.25, 0.3) is 18.2 Å². The molecule has 0 fully saturated rings. The van der Waals surface area contributed by atoms with E-state index in [1.54, 1.807) is 18.2 Å². The van der Waals surface area contributed by atoms with Crippen LogP contribution in [0.2, 0.25) is 0 Å². The zero-order chi connectivity index (χ0) is 17.4. The third-order valence-corrected chi connectivity index (χ3v) is 3.40. The fraction of sp³-hybridized carbons (Fsp3) is 0.0500. The van der Waals surface area contributed by atoms with Crippen molar-refractivity contribution in [1.82, 2.24) is 4.57 Å². The van der Waals surface area contributed by atoms with Crippen LogP contribution in [0.15, 0.2) is 62.8 Å². The summed E-state index contributed by atoms with van der Waals surface area (Å²) in [6, 6.07) is 9.65. The zero-order valence-corrected chi connectivity index (χ0v) is 13.5. The molecule has 3 heteroatoms. The van der Waals surface area contributed by atoms with Crippen molar-refractivity contribution in [2.75, 3.05) is 0 Å². The van der Waals surface area contributed by atoms with Crippen molar-refractivity contribution in [3.05, 3.63) is 90.9 Å². The van der Waals surface area contributed by atoms with E-state index in [1.807, 2.05) is 41.8 Å². The summed E-state index contributed by atoms with van der Waals surface area (Å²) in [6.45, 7) is 16.7. The third-order valence-electron chi connectivity index (χ3n) is 3.40. The Labute approximate surface area is 138 Å². The van der Waals surface area contributed by atoms with Crippen molar-refractivity contribution < 1.29 is 0 Å². The normalized spacial score (nSPS) is 9.26. The van der Waals surface area contributed by atoms with Gasteiger partial charge in [0.1, 0.15) is 5.84 Å². The molecule has 0 aliphatic carbocycles. The number of nitrogens with one attached hydrogen (secondary N) is 1. The molecule has 0 saturated carbocycles. The first-order valence-corrected chi connectivity index (χ1v) is 7.16. The summed E-state index contributed by atoms with van der Waals surface area (Å²) in [7, 11) is 0. The molecule has 0 aliphatic rings. The Hall–Kier alpha value is -3.07. The van der Waals surface area contributed by atoms with Crippen molar-refractivity contribution in [1.29, 1.82) is 5.41 Å². The molecule has 0 amide bonds. The summed E-state index contributed by atoms with van der Waals surface area (Å²) < 4.78 is 1.89. The molecule has 1 heterocycles. The highest BCUT2D eigenvalue weighted by Crippen LogP contribution is 2.27. The lowest BCUT2D eigenvalue weighted by atomic mass is 10.1. The van der Waals surface area contributed by atoms with Crippen molar-refractivity contribution >= 4 is 24.1 Å². The predicted molar refractivity (Wildman–Crippen MR) is 102 cm³/mol. The second-order valence-electron chi connectivity index (χ2n) is 4.70. The molecule has 0 atom stereocenters. The van der Waals surface area contributed by atoms with Crippen molar-refractivity contribution in [2.45, 2.75) is 6.92 Å². The topological polar surface area (TPSA) is 54.8 Å². The van der Waals surface area contributed by atoms with Crippen LogP contribution in [0.3, 0.4) is 0 Å². The van der Waals surface area contributed by atoms with Crippen molar-refractivity contribution in [3.63, 3.8) is 0 Å². The van der Waals surface area contributed by atoms with Gasteiger partial charge in [0.15, 0.2) is 0 Å². The van der Waals surface area contributed by atoms with Gasteiger partial charge in [0.25, 0.3) is 0 Å². The second kappa shape index (κ2) is 8.39. The smallest absolute Gasteiger partial charge is 0.136 e. The monoisotopic (exact) mass is 305 g/mol. The van der Waals surface area contributed by atoms with Gasteiger partial charge in [-0.15, -0.1) is 0 Å². The minimum atomic E-state index is 0.425. The number of aromatic nitrogens is 1. The summed E-state index contributed by atoms with van der Waals surface area (Å²) >= 11 is 0. The lowest BCUT2D eigenvalue weighted by molar-refractivity contribution is 1.05. The standard InChI is InChI=1S/C18H18N2.C2H5N/c1-5-15-13(4)20(17(7-3)16(15)6-2)18(19)14-11-9-8-10-12-14;1-2-3/h5-12,19H,1-3H2,4H3;2H,1,3H2. The zero-order valence-electron chi connectivity index (χ0n) is 13.5. The molecular weight excluding hydrogens is 282 g/mol. The molecule has 3 nitrogen and oxygen atoms in total. The highest BCUT2D eigenvalue weighted by molar-refractivity contribution is 6.01. The largest absolute Gasteiger partial charge is 0.405 e. The molecule has 23 heavy (non-hydrogen) atoms. The third kappa shape index (κ3) is 3.58. The van der Waals surface area contributed by atoms with Crippen LogP contribution in [-0.4, -0.2) is 10.4 Å². The minimum Gasteiger partial charge on any atom is -0.405 e. The lowest BCUT2D eigenvalue weighted by Crippen LogP contribution is -2.15. The fourth-order valence-electron chi connectivity index (χ4n) is 2.44. The lowest BCUT2D eigenvalue weighted by Gasteiger charge is -2.11. The number of hydrogen-bond donors (Lipinski definition) is 2. The van der Waals surface area contributed by atoms with E-state index in [4.69, 9.17) is 5.41 Å². The van der Waals surface area contributed by atoms with Crippen LogP contribution in [0.5, 0.6) is 0 Å². The predicted octanol–water partition coefficient (Wildman–Crippen LogP) is 4.69. The van der Waals surface area contributed by atoms with Gasteiger partial charge in [0.05, 0.1) is 5.69 Å². The van der Waals surface area contributed by atoms with E-state index in [0.717, 1.165) is 28.1 Å². The Bertz CT molecular complexity index is 734. The molecule has 2 aromatic rings. The SMILES string of the molecule is C=CN.C=Cc1c(C=C)c(C=C)n(C(=N)c2ccccc2)c1C. The van der Waals surface area contributed by atoms with Gasteiger partial charge >= 0.3 is 0 Å². The molecule has 1 aromatic heterocycles. The number of nitrogens with zero attached hydrogens (tertiary/aromatic N) is 1. The van der Waals surface area contributed by atoms with Crippen LogP contribution in [-0.2, 0) is 0 Å². The van der Waals surface area contributed by atoms with Crippen LogP contribution >= 0.6 is 0 Å². The highest BCUT2D eigenvalue weighted by atomic mass is 15.0. The molecule has 0 saturated heterocycles. The van der Waals surface area contributed by atoms with Crippen molar-refractivity contribution in [3.8, 4) is 0 Å². The van der Waals surface area contributed by atoms with Gasteiger partial charge in [-0.1, -0.05) is 68.8 Å². The average Bonchev–Trinajstić information content (AvgIpc) is 2.86. The van der Waals surface area contributed by atoms with E-state index in [1.165, 1.54) is 6.20 Å². The second-order valence-corrected chi connectivity index (χ2v) is 4.70. The summed E-state index contributed by atoms with van der Waals surface area (Å²) in [5, 5.41) is 8.46. The fourth-order valence-corrected chi connectivity index (χ4v) is 2.44. The number of hydrogen-bond acceptors (Lipinski definition) is 2. The van der Waals surface area contributed by atoms with Crippen LogP contribution < -0.4 is 5.73 Å². The summed E-state index contributed by atoms with van der Waals surface area (Å²) in [4.78, 5) is 0. The Balaban J connectivity index is 0.000000816. The van der Waals surface area contributed by atoms with E-state index < -0.39 is 0 Å². The van der Waals surface area contributed by atoms with E-state index in [0.29, 0.717) is 5.84 Å². The first-order chi connectivity index (χ1) is 11.1. The Morgan fingerprint density at radius 2 is 1.52 bits per heavy atom. The van der Waals surface area contributed by atoms with Crippen molar-refractivity contribution in [2.24, 2.45) is 5.73 Å². The molecule has 0 aliphatic heterocycles. The van der Waals surface area contributed by atoms with Crippen LogP contribution in [0, 0.1) is 12.3 Å². The molecule has 0 bridgehead atoms. The van der Waals surface area contributed by atoms with Gasteiger partial charge in [-0.25, -0.2) is 0 Å². The maximum atomic E-state index is 8.46. The average molecular weight is 305 g/mol. The summed E-state index contributed by atoms with van der Waals surface area (Å²) in [5.41, 5.74) is 9.28. The molecule has 0 unspecified atom stereocenters. The van der Waals surface area contributed by atoms with E-state index in [9.17, 15) is 0 Å². The Morgan fingerprint density at radius 3 is 1.96 bits per heavy atom. The summed E-state index contributed by atoms with van der Waals surface area (Å²) in [5.74, 6) is 0.425. The Morgan fingerprint density at radius 1 is 1.00 bits per heavy atom. The van der Waals surface area contributed by atoms with Gasteiger partial charge < -0.3 is 5.73 Å². The first-order valence-electron chi connectivity index (χ1n) is 7.16. The highest BCUT2D eigenvalue weighted by Gasteiger charge is 2.18. The van der Waals surface area contributed by atoms with Gasteiger partial charge in [-0.05, 0) is 19.2 Å². The van der Waals surface area contributed by atoms with Crippen LogP contribution in [0.1, 0.15) is 28.1 Å². The summed E-state index contributed by atoms with van der Waals surface area (Å²) in [6.07, 6.45) is 6.60. The Kier molecular flexibility index (Phi) is 6.56. The van der Waals surface area contributed by atoms with Gasteiger partial charge in [0.2, 0.25) is 0 Å². The molecule has 118 valence electrons. The molecule has 0 radical (unpaired) electrons. The molecule has 2 rings (SSSR count). The number of nitrogens with two attached hydrogens (primary N) is 1. The molecule has 0 spiro atoms. The number of rotatable bonds is 4. The maximum Gasteiger partial charge on any atom is 0.136 e. The van der Waals surface area contributed by atoms with E-state index >= 15 is 0 Å².